The van der Waals surface area contributed by atoms with Gasteiger partial charge >= 0.3 is 13.3 Å². The van der Waals surface area contributed by atoms with Crippen molar-refractivity contribution in [2.75, 3.05) is 0 Å². The molecule has 1 heterocycles. The topological polar surface area (TPSA) is 58.3 Å². The Bertz CT molecular complexity index is 565. The summed E-state index contributed by atoms with van der Waals surface area (Å²) in [5, 5.41) is 21.8. The van der Waals surface area contributed by atoms with E-state index in [1.54, 1.807) is 0 Å². The van der Waals surface area contributed by atoms with Crippen molar-refractivity contribution < 1.29 is 23.2 Å². The number of benzene rings is 1. The standard InChI is InChI=1S/C9H8BF3N2O2/c1-15-8-5(4-14-15)2-6(10(16)17)3-7(8)9(11,12)13/h2-4,16-17H,1H3. The van der Waals surface area contributed by atoms with Crippen molar-refractivity contribution in [3.05, 3.63) is 23.9 Å². The molecule has 1 aromatic carbocycles. The van der Waals surface area contributed by atoms with Crippen LogP contribution in [0.15, 0.2) is 18.3 Å². The highest BCUT2D eigenvalue weighted by Gasteiger charge is 2.35. The van der Waals surface area contributed by atoms with Crippen molar-refractivity contribution in [3.63, 3.8) is 0 Å². The second-order valence-corrected chi connectivity index (χ2v) is 3.65. The molecule has 0 unspecified atom stereocenters. The summed E-state index contributed by atoms with van der Waals surface area (Å²) in [7, 11) is -0.548. The van der Waals surface area contributed by atoms with Gasteiger partial charge in [0.05, 0.1) is 17.3 Å². The third kappa shape index (κ3) is 2.01. The first-order chi connectivity index (χ1) is 7.80. The monoisotopic (exact) mass is 244 g/mol. The Morgan fingerprint density at radius 1 is 1.29 bits per heavy atom. The molecule has 0 saturated carbocycles. The third-order valence-corrected chi connectivity index (χ3v) is 2.46. The molecule has 0 aliphatic carbocycles. The van der Waals surface area contributed by atoms with E-state index in [2.05, 4.69) is 5.10 Å². The van der Waals surface area contributed by atoms with Gasteiger partial charge in [-0.2, -0.15) is 18.3 Å². The Morgan fingerprint density at radius 3 is 2.47 bits per heavy atom. The fourth-order valence-electron chi connectivity index (χ4n) is 1.71. The molecule has 8 heteroatoms. The predicted molar refractivity (Wildman–Crippen MR) is 55.5 cm³/mol. The SMILES string of the molecule is Cn1ncc2cc(B(O)O)cc(C(F)(F)F)c21. The van der Waals surface area contributed by atoms with E-state index < -0.39 is 18.9 Å². The molecule has 90 valence electrons. The summed E-state index contributed by atoms with van der Waals surface area (Å²) in [6.45, 7) is 0. The minimum Gasteiger partial charge on any atom is -0.423 e. The van der Waals surface area contributed by atoms with Crippen LogP contribution in [0.25, 0.3) is 10.9 Å². The Morgan fingerprint density at radius 2 is 1.94 bits per heavy atom. The highest BCUT2D eigenvalue weighted by molar-refractivity contribution is 6.59. The molecule has 0 aliphatic heterocycles. The average Bonchev–Trinajstić information content (AvgIpc) is 2.58. The summed E-state index contributed by atoms with van der Waals surface area (Å²) in [6, 6.07) is 1.98. The van der Waals surface area contributed by atoms with Gasteiger partial charge in [-0.05, 0) is 11.5 Å². The molecule has 0 bridgehead atoms. The molecule has 0 amide bonds. The fourth-order valence-corrected chi connectivity index (χ4v) is 1.71. The molecular formula is C9H8BF3N2O2. The van der Waals surface area contributed by atoms with Gasteiger partial charge in [-0.25, -0.2) is 0 Å². The first-order valence-electron chi connectivity index (χ1n) is 4.69. The van der Waals surface area contributed by atoms with Gasteiger partial charge in [0.1, 0.15) is 0 Å². The van der Waals surface area contributed by atoms with E-state index in [0.717, 1.165) is 4.68 Å². The van der Waals surface area contributed by atoms with Crippen molar-refractivity contribution >= 4 is 23.5 Å². The van der Waals surface area contributed by atoms with Crippen LogP contribution in [0.4, 0.5) is 13.2 Å². The first kappa shape index (κ1) is 11.9. The van der Waals surface area contributed by atoms with Crippen LogP contribution >= 0.6 is 0 Å². The molecule has 2 aromatic rings. The summed E-state index contributed by atoms with van der Waals surface area (Å²) >= 11 is 0. The number of fused-ring (bicyclic) bond motifs is 1. The van der Waals surface area contributed by atoms with Crippen LogP contribution in [-0.4, -0.2) is 26.9 Å². The first-order valence-corrected chi connectivity index (χ1v) is 4.69. The normalized spacial score (nSPS) is 12.1. The third-order valence-electron chi connectivity index (χ3n) is 2.46. The van der Waals surface area contributed by atoms with Gasteiger partial charge in [-0.1, -0.05) is 6.07 Å². The zero-order valence-corrected chi connectivity index (χ0v) is 8.73. The lowest BCUT2D eigenvalue weighted by molar-refractivity contribution is -0.136. The van der Waals surface area contributed by atoms with E-state index in [4.69, 9.17) is 10.0 Å². The minimum absolute atomic E-state index is 0.0816. The Labute approximate surface area is 94.4 Å². The number of rotatable bonds is 1. The fraction of sp³-hybridized carbons (Fsp3) is 0.222. The molecule has 0 fully saturated rings. The lowest BCUT2D eigenvalue weighted by atomic mass is 9.79. The van der Waals surface area contributed by atoms with E-state index >= 15 is 0 Å². The maximum Gasteiger partial charge on any atom is 0.488 e. The van der Waals surface area contributed by atoms with Crippen LogP contribution in [0.5, 0.6) is 0 Å². The largest absolute Gasteiger partial charge is 0.488 e. The van der Waals surface area contributed by atoms with Gasteiger partial charge in [0.2, 0.25) is 0 Å². The molecule has 0 aliphatic rings. The number of aromatic nitrogens is 2. The second kappa shape index (κ2) is 3.74. The number of halogens is 3. The minimum atomic E-state index is -4.57. The zero-order chi connectivity index (χ0) is 12.8. The van der Waals surface area contributed by atoms with E-state index in [0.29, 0.717) is 6.07 Å². The van der Waals surface area contributed by atoms with Crippen molar-refractivity contribution in [1.29, 1.82) is 0 Å². The summed E-state index contributed by atoms with van der Waals surface area (Å²) in [4.78, 5) is 0. The van der Waals surface area contributed by atoms with Crippen LogP contribution < -0.4 is 5.46 Å². The van der Waals surface area contributed by atoms with Crippen LogP contribution in [0.2, 0.25) is 0 Å². The van der Waals surface area contributed by atoms with Crippen LogP contribution in [0.3, 0.4) is 0 Å². The number of nitrogens with zero attached hydrogens (tertiary/aromatic N) is 2. The Hall–Kier alpha value is -1.54. The van der Waals surface area contributed by atoms with E-state index in [1.807, 2.05) is 0 Å². The lowest BCUT2D eigenvalue weighted by Crippen LogP contribution is -2.31. The molecule has 4 nitrogen and oxygen atoms in total. The number of hydrogen-bond acceptors (Lipinski definition) is 3. The highest BCUT2D eigenvalue weighted by Crippen LogP contribution is 2.33. The zero-order valence-electron chi connectivity index (χ0n) is 8.73. The van der Waals surface area contributed by atoms with Crippen molar-refractivity contribution in [3.8, 4) is 0 Å². The van der Waals surface area contributed by atoms with Gasteiger partial charge < -0.3 is 10.0 Å². The summed E-state index contributed by atoms with van der Waals surface area (Å²) < 4.78 is 39.5. The number of hydrogen-bond donors (Lipinski definition) is 2. The lowest BCUT2D eigenvalue weighted by Gasteiger charge is -2.11. The number of aryl methyl sites for hydroxylation is 1. The van der Waals surface area contributed by atoms with Crippen molar-refractivity contribution in [2.45, 2.75) is 6.18 Å². The molecule has 17 heavy (non-hydrogen) atoms. The van der Waals surface area contributed by atoms with Gasteiger partial charge in [-0.3, -0.25) is 4.68 Å². The number of alkyl halides is 3. The van der Waals surface area contributed by atoms with Crippen LogP contribution in [0.1, 0.15) is 5.56 Å². The maximum absolute atomic E-state index is 12.8. The van der Waals surface area contributed by atoms with Crippen molar-refractivity contribution in [1.82, 2.24) is 9.78 Å². The molecule has 2 N–H and O–H groups in total. The summed E-state index contributed by atoms with van der Waals surface area (Å²) in [6.07, 6.45) is -3.33. The molecule has 1 aromatic heterocycles. The molecule has 0 atom stereocenters. The predicted octanol–water partition coefficient (Wildman–Crippen LogP) is 0.272. The van der Waals surface area contributed by atoms with E-state index in [9.17, 15) is 13.2 Å². The highest BCUT2D eigenvalue weighted by atomic mass is 19.4. The molecule has 0 spiro atoms. The smallest absolute Gasteiger partial charge is 0.423 e. The van der Waals surface area contributed by atoms with Gasteiger partial charge in [0.15, 0.2) is 0 Å². The summed E-state index contributed by atoms with van der Waals surface area (Å²) in [5.74, 6) is 0. The molecule has 0 saturated heterocycles. The molecule has 2 rings (SSSR count). The second-order valence-electron chi connectivity index (χ2n) is 3.65. The average molecular weight is 244 g/mol. The van der Waals surface area contributed by atoms with Gasteiger partial charge in [-0.15, -0.1) is 0 Å². The molecule has 0 radical (unpaired) electrons. The Balaban J connectivity index is 2.81. The van der Waals surface area contributed by atoms with Crippen LogP contribution in [-0.2, 0) is 13.2 Å². The van der Waals surface area contributed by atoms with Gasteiger partial charge in [0, 0.05) is 12.4 Å². The molecular weight excluding hydrogens is 236 g/mol. The summed E-state index contributed by atoms with van der Waals surface area (Å²) in [5.41, 5.74) is -1.22. The Kier molecular flexibility index (Phi) is 2.63. The van der Waals surface area contributed by atoms with E-state index in [-0.39, 0.29) is 16.4 Å². The quantitative estimate of drug-likeness (QED) is 0.708. The van der Waals surface area contributed by atoms with E-state index in [1.165, 1.54) is 19.3 Å². The van der Waals surface area contributed by atoms with Crippen molar-refractivity contribution in [2.24, 2.45) is 7.05 Å². The van der Waals surface area contributed by atoms with Crippen LogP contribution in [0, 0.1) is 0 Å². The van der Waals surface area contributed by atoms with Gasteiger partial charge in [0.25, 0.3) is 0 Å². The maximum atomic E-state index is 12.8.